The molecule has 0 unspecified atom stereocenters. The zero-order chi connectivity index (χ0) is 14.8. The van der Waals surface area contributed by atoms with E-state index in [4.69, 9.17) is 9.52 Å². The summed E-state index contributed by atoms with van der Waals surface area (Å²) in [6, 6.07) is 1.56. The molecule has 1 fully saturated rings. The van der Waals surface area contributed by atoms with Gasteiger partial charge in [-0.15, -0.1) is 0 Å². The van der Waals surface area contributed by atoms with Crippen molar-refractivity contribution in [2.45, 2.75) is 18.4 Å². The number of carbonyl (C=O) groups excluding carboxylic acids is 1. The summed E-state index contributed by atoms with van der Waals surface area (Å²) >= 11 is 1.92. The fraction of sp³-hybridized carbons (Fsp3) is 0.500. The molecule has 110 valence electrons. The van der Waals surface area contributed by atoms with E-state index in [1.807, 2.05) is 22.6 Å². The summed E-state index contributed by atoms with van der Waals surface area (Å²) < 4.78 is 5.53. The lowest BCUT2D eigenvalue weighted by Crippen LogP contribution is -2.51. The number of amides is 2. The molecule has 3 N–H and O–H groups in total. The predicted octanol–water partition coefficient (Wildman–Crippen LogP) is 1.12. The number of rotatable bonds is 3. The Morgan fingerprint density at radius 1 is 1.45 bits per heavy atom. The first-order valence-corrected chi connectivity index (χ1v) is 7.21. The van der Waals surface area contributed by atoms with Crippen LogP contribution in [-0.4, -0.2) is 52.3 Å². The molecule has 0 aromatic carbocycles. The van der Waals surface area contributed by atoms with Gasteiger partial charge in [0.25, 0.3) is 5.91 Å². The van der Waals surface area contributed by atoms with Crippen molar-refractivity contribution in [3.63, 3.8) is 0 Å². The second-order valence-corrected chi connectivity index (χ2v) is 5.76. The summed E-state index contributed by atoms with van der Waals surface area (Å²) in [6.07, 6.45) is 1.06. The van der Waals surface area contributed by atoms with E-state index in [0.717, 1.165) is 0 Å². The maximum absolute atomic E-state index is 11.9. The molecule has 1 saturated heterocycles. The molecule has 1 aliphatic rings. The molecule has 2 heterocycles. The van der Waals surface area contributed by atoms with Gasteiger partial charge in [0.05, 0.1) is 17.4 Å². The summed E-state index contributed by atoms with van der Waals surface area (Å²) in [5, 5.41) is 21.8. The number of piperidine rings is 1. The molecule has 7 nitrogen and oxygen atoms in total. The third kappa shape index (κ3) is 3.42. The molecule has 8 heteroatoms. The highest BCUT2D eigenvalue weighted by molar-refractivity contribution is 14.1. The topological polar surface area (TPSA) is 103 Å². The van der Waals surface area contributed by atoms with Gasteiger partial charge in [-0.25, -0.2) is 4.79 Å². The van der Waals surface area contributed by atoms with Crippen LogP contribution >= 0.6 is 22.6 Å². The molecule has 0 aliphatic carbocycles. The van der Waals surface area contributed by atoms with E-state index in [9.17, 15) is 14.7 Å². The number of nitrogens with one attached hydrogen (secondary N) is 1. The molecule has 20 heavy (non-hydrogen) atoms. The lowest BCUT2D eigenvalue weighted by atomic mass is 9.91. The Morgan fingerprint density at radius 3 is 2.60 bits per heavy atom. The van der Waals surface area contributed by atoms with Crippen LogP contribution in [-0.2, 0) is 0 Å². The first kappa shape index (κ1) is 15.1. The van der Waals surface area contributed by atoms with Gasteiger partial charge >= 0.3 is 6.09 Å². The van der Waals surface area contributed by atoms with Crippen molar-refractivity contribution in [3.05, 3.63) is 21.7 Å². The van der Waals surface area contributed by atoms with Crippen LogP contribution in [0.5, 0.6) is 0 Å². The third-order valence-electron chi connectivity index (χ3n) is 3.41. The number of hydrogen-bond donors (Lipinski definition) is 3. The van der Waals surface area contributed by atoms with Crippen LogP contribution in [0.25, 0.3) is 0 Å². The van der Waals surface area contributed by atoms with Gasteiger partial charge in [-0.1, -0.05) is 0 Å². The predicted molar refractivity (Wildman–Crippen MR) is 77.5 cm³/mol. The Balaban J connectivity index is 1.87. The largest absolute Gasteiger partial charge is 0.465 e. The van der Waals surface area contributed by atoms with E-state index < -0.39 is 11.7 Å². The fourth-order valence-corrected chi connectivity index (χ4v) is 2.66. The average molecular weight is 394 g/mol. The molecule has 2 rings (SSSR count). The molecular formula is C12H15IN2O5. The number of carbonyl (C=O) groups is 2. The normalized spacial score (nSPS) is 17.8. The van der Waals surface area contributed by atoms with Crippen molar-refractivity contribution in [2.75, 3.05) is 19.6 Å². The van der Waals surface area contributed by atoms with Crippen LogP contribution in [0.2, 0.25) is 0 Å². The van der Waals surface area contributed by atoms with Gasteiger partial charge in [0.15, 0.2) is 3.77 Å². The van der Waals surface area contributed by atoms with Crippen LogP contribution in [0.15, 0.2) is 16.7 Å². The van der Waals surface area contributed by atoms with Gasteiger partial charge in [0.1, 0.15) is 0 Å². The highest BCUT2D eigenvalue weighted by Crippen LogP contribution is 2.22. The zero-order valence-corrected chi connectivity index (χ0v) is 12.8. The number of halogens is 1. The van der Waals surface area contributed by atoms with Crippen molar-refractivity contribution >= 4 is 34.6 Å². The Hall–Kier alpha value is -1.29. The number of likely N-dealkylation sites (tertiary alicyclic amines) is 1. The van der Waals surface area contributed by atoms with Crippen LogP contribution in [0.3, 0.4) is 0 Å². The maximum atomic E-state index is 11.9. The maximum Gasteiger partial charge on any atom is 0.407 e. The summed E-state index contributed by atoms with van der Waals surface area (Å²) in [4.78, 5) is 23.9. The fourth-order valence-electron chi connectivity index (χ4n) is 2.09. The summed E-state index contributed by atoms with van der Waals surface area (Å²) in [5.74, 6) is -0.308. The summed E-state index contributed by atoms with van der Waals surface area (Å²) in [6.45, 7) is 0.635. The molecule has 0 bridgehead atoms. The van der Waals surface area contributed by atoms with Gasteiger partial charge in [-0.3, -0.25) is 4.79 Å². The second kappa shape index (κ2) is 6.00. The molecular weight excluding hydrogens is 379 g/mol. The third-order valence-corrected chi connectivity index (χ3v) is 4.24. The van der Waals surface area contributed by atoms with E-state index in [1.165, 1.54) is 11.2 Å². The van der Waals surface area contributed by atoms with Gasteiger partial charge in [-0.2, -0.15) is 0 Å². The van der Waals surface area contributed by atoms with Crippen LogP contribution in [0.4, 0.5) is 4.79 Å². The Morgan fingerprint density at radius 2 is 2.10 bits per heavy atom. The van der Waals surface area contributed by atoms with Crippen LogP contribution in [0, 0.1) is 3.77 Å². The Labute approximate surface area is 129 Å². The second-order valence-electron chi connectivity index (χ2n) is 4.78. The molecule has 1 aliphatic heterocycles. The van der Waals surface area contributed by atoms with Crippen molar-refractivity contribution in [1.82, 2.24) is 10.2 Å². The van der Waals surface area contributed by atoms with Gasteiger partial charge < -0.3 is 24.8 Å². The Kier molecular flexibility index (Phi) is 4.53. The molecule has 1 aromatic rings. The van der Waals surface area contributed by atoms with E-state index in [-0.39, 0.29) is 25.5 Å². The number of aliphatic hydroxyl groups is 1. The smallest absolute Gasteiger partial charge is 0.407 e. The highest BCUT2D eigenvalue weighted by atomic mass is 127. The highest BCUT2D eigenvalue weighted by Gasteiger charge is 2.34. The minimum atomic E-state index is -1.06. The van der Waals surface area contributed by atoms with Crippen LogP contribution < -0.4 is 5.32 Å². The standard InChI is InChI=1S/C12H15IN2O5/c13-9-8(1-6-20-9)10(16)14-7-12(19)2-4-15(5-3-12)11(17)18/h1,6,19H,2-5,7H2,(H,14,16)(H,17,18). The van der Waals surface area contributed by atoms with E-state index in [2.05, 4.69) is 5.32 Å². The van der Waals surface area contributed by atoms with Gasteiger partial charge in [0, 0.05) is 42.2 Å². The Bertz CT molecular complexity index is 508. The molecule has 2 amide bonds. The summed E-state index contributed by atoms with van der Waals surface area (Å²) in [7, 11) is 0. The minimum Gasteiger partial charge on any atom is -0.465 e. The van der Waals surface area contributed by atoms with Gasteiger partial charge in [0.2, 0.25) is 0 Å². The molecule has 0 spiro atoms. The van der Waals surface area contributed by atoms with Crippen molar-refractivity contribution in [2.24, 2.45) is 0 Å². The molecule has 0 saturated carbocycles. The molecule has 0 radical (unpaired) electrons. The van der Waals surface area contributed by atoms with E-state index >= 15 is 0 Å². The number of carboxylic acid groups (broad SMARTS) is 1. The zero-order valence-electron chi connectivity index (χ0n) is 10.6. The number of nitrogens with zero attached hydrogens (tertiary/aromatic N) is 1. The number of hydrogen-bond acceptors (Lipinski definition) is 4. The van der Waals surface area contributed by atoms with E-state index in [1.54, 1.807) is 6.07 Å². The van der Waals surface area contributed by atoms with Crippen molar-refractivity contribution < 1.29 is 24.2 Å². The monoisotopic (exact) mass is 394 g/mol. The van der Waals surface area contributed by atoms with Crippen molar-refractivity contribution in [3.8, 4) is 0 Å². The summed E-state index contributed by atoms with van der Waals surface area (Å²) in [5.41, 5.74) is -0.631. The average Bonchev–Trinajstić information content (AvgIpc) is 2.83. The van der Waals surface area contributed by atoms with Crippen molar-refractivity contribution in [1.29, 1.82) is 0 Å². The first-order chi connectivity index (χ1) is 9.41. The first-order valence-electron chi connectivity index (χ1n) is 6.13. The van der Waals surface area contributed by atoms with E-state index in [0.29, 0.717) is 22.2 Å². The quantitative estimate of drug-likeness (QED) is 0.667. The van der Waals surface area contributed by atoms with Crippen LogP contribution in [0.1, 0.15) is 23.2 Å². The van der Waals surface area contributed by atoms with Gasteiger partial charge in [-0.05, 0) is 18.9 Å². The lowest BCUT2D eigenvalue weighted by molar-refractivity contribution is -0.0148. The SMILES string of the molecule is O=C(NCC1(O)CCN(C(=O)O)CC1)c1ccoc1I. The minimum absolute atomic E-state index is 0.0978. The molecule has 0 atom stereocenters. The molecule has 1 aromatic heterocycles. The lowest BCUT2D eigenvalue weighted by Gasteiger charge is -2.36. The number of furan rings is 1.